The predicted octanol–water partition coefficient (Wildman–Crippen LogP) is 11.5. The van der Waals surface area contributed by atoms with Gasteiger partial charge in [-0.05, 0) is 47.9 Å². The van der Waals surface area contributed by atoms with Gasteiger partial charge in [-0.2, -0.15) is 0 Å². The number of fused-ring (bicyclic) bond motifs is 4. The van der Waals surface area contributed by atoms with Gasteiger partial charge in [0.2, 0.25) is 0 Å². The molecule has 0 aliphatic heterocycles. The molecule has 3 heterocycles. The molecule has 3 aromatic heterocycles. The molecule has 236 valence electrons. The molecule has 0 fully saturated rings. The molecular formula is C44H28N4OS. The van der Waals surface area contributed by atoms with Crippen molar-refractivity contribution in [1.29, 1.82) is 5.41 Å². The van der Waals surface area contributed by atoms with Crippen molar-refractivity contribution >= 4 is 54.9 Å². The number of aromatic nitrogens is 2. The average Bonchev–Trinajstić information content (AvgIpc) is 3.79. The molecular weight excluding hydrogens is 633 g/mol. The van der Waals surface area contributed by atoms with Crippen LogP contribution < -0.4 is 0 Å². The van der Waals surface area contributed by atoms with Crippen LogP contribution in [0.2, 0.25) is 0 Å². The summed E-state index contributed by atoms with van der Waals surface area (Å²) in [7, 11) is 0. The number of aliphatic imine (C=N–C) groups is 1. The first-order valence-electron chi connectivity index (χ1n) is 16.4. The zero-order chi connectivity index (χ0) is 33.4. The molecule has 0 saturated carbocycles. The number of hydrogen-bond acceptors (Lipinski definition) is 5. The van der Waals surface area contributed by atoms with Crippen molar-refractivity contribution in [2.75, 3.05) is 0 Å². The van der Waals surface area contributed by atoms with Crippen molar-refractivity contribution in [2.45, 2.75) is 0 Å². The Bertz CT molecular complexity index is 2620. The molecule has 0 saturated heterocycles. The third-order valence-corrected chi connectivity index (χ3v) is 9.93. The van der Waals surface area contributed by atoms with Crippen LogP contribution in [0.3, 0.4) is 0 Å². The van der Waals surface area contributed by atoms with E-state index in [-0.39, 0.29) is 5.84 Å². The molecule has 0 aliphatic rings. The molecule has 1 N–H and O–H groups in total. The molecule has 0 bridgehead atoms. The number of benzene rings is 6. The van der Waals surface area contributed by atoms with Gasteiger partial charge in [0, 0.05) is 43.3 Å². The van der Waals surface area contributed by atoms with Crippen LogP contribution in [0, 0.1) is 5.41 Å². The lowest BCUT2D eigenvalue weighted by Gasteiger charge is -2.10. The van der Waals surface area contributed by atoms with Gasteiger partial charge in [0.25, 0.3) is 0 Å². The molecule has 5 nitrogen and oxygen atoms in total. The van der Waals surface area contributed by atoms with Gasteiger partial charge in [0.1, 0.15) is 11.2 Å². The van der Waals surface area contributed by atoms with Crippen molar-refractivity contribution < 1.29 is 4.42 Å². The number of thiophene rings is 1. The lowest BCUT2D eigenvalue weighted by molar-refractivity contribution is 0.669. The van der Waals surface area contributed by atoms with Crippen molar-refractivity contribution in [3.63, 3.8) is 0 Å². The van der Waals surface area contributed by atoms with E-state index in [1.165, 1.54) is 4.70 Å². The maximum absolute atomic E-state index is 9.41. The van der Waals surface area contributed by atoms with Crippen molar-refractivity contribution in [2.24, 2.45) is 4.99 Å². The van der Waals surface area contributed by atoms with E-state index in [1.54, 1.807) is 11.3 Å². The molecule has 0 amide bonds. The zero-order valence-corrected chi connectivity index (χ0v) is 27.6. The fraction of sp³-hybridized carbons (Fsp3) is 0. The maximum atomic E-state index is 9.41. The van der Waals surface area contributed by atoms with E-state index in [0.29, 0.717) is 17.0 Å². The Morgan fingerprint density at radius 2 is 1.26 bits per heavy atom. The predicted molar refractivity (Wildman–Crippen MR) is 206 cm³/mol. The van der Waals surface area contributed by atoms with E-state index < -0.39 is 0 Å². The fourth-order valence-electron chi connectivity index (χ4n) is 6.38. The summed E-state index contributed by atoms with van der Waals surface area (Å²) in [4.78, 5) is 16.1. The van der Waals surface area contributed by atoms with Gasteiger partial charge in [0.15, 0.2) is 11.7 Å². The van der Waals surface area contributed by atoms with E-state index in [9.17, 15) is 5.41 Å². The second-order valence-electron chi connectivity index (χ2n) is 12.0. The van der Waals surface area contributed by atoms with Crippen LogP contribution in [0.4, 0.5) is 0 Å². The Hall–Kier alpha value is -6.50. The minimum atomic E-state index is 0.166. The minimum absolute atomic E-state index is 0.166. The van der Waals surface area contributed by atoms with E-state index >= 15 is 0 Å². The molecule has 50 heavy (non-hydrogen) atoms. The quantitative estimate of drug-likeness (QED) is 0.142. The largest absolute Gasteiger partial charge is 0.456 e. The molecule has 0 atom stereocenters. The Morgan fingerprint density at radius 1 is 0.580 bits per heavy atom. The molecule has 6 aromatic carbocycles. The topological polar surface area (TPSA) is 75.1 Å². The first kappa shape index (κ1) is 29.6. The second kappa shape index (κ2) is 12.5. The van der Waals surface area contributed by atoms with Crippen LogP contribution in [0.1, 0.15) is 16.0 Å². The Kier molecular flexibility index (Phi) is 7.41. The summed E-state index contributed by atoms with van der Waals surface area (Å²) in [6, 6.07) is 54.8. The Labute approximate surface area is 292 Å². The summed E-state index contributed by atoms with van der Waals surface area (Å²) < 4.78 is 7.54. The van der Waals surface area contributed by atoms with Crippen molar-refractivity contribution in [1.82, 2.24) is 9.97 Å². The molecule has 9 aromatic rings. The first-order chi connectivity index (χ1) is 24.7. The minimum Gasteiger partial charge on any atom is -0.456 e. The van der Waals surface area contributed by atoms with Gasteiger partial charge in [-0.3, -0.25) is 5.41 Å². The number of hydrogen-bond donors (Lipinski definition) is 1. The molecule has 9 rings (SSSR count). The van der Waals surface area contributed by atoms with Gasteiger partial charge in [0.05, 0.1) is 22.0 Å². The standard InChI is InChI=1S/C44H28N4OS/c45-43(48-42(29-15-6-2-7-16-29)40-26-32-19-10-11-22-39(32)50-40)33-20-12-21-38-41(33)34-25-31(23-24-37(34)49-38)36-27-35(28-13-4-1-5-14-28)46-44(47-36)30-17-8-3-9-18-30/h1-27,45H. The fourth-order valence-corrected chi connectivity index (χ4v) is 7.45. The SMILES string of the molecule is N=C(N=C(c1ccccc1)c1cc2ccccc2s1)c1cccc2oc3ccc(-c4cc(-c5ccccc5)nc(-c5ccccc5)n4)cc3c12. The van der Waals surface area contributed by atoms with Crippen LogP contribution in [0.5, 0.6) is 0 Å². The highest BCUT2D eigenvalue weighted by atomic mass is 32.1. The molecule has 6 heteroatoms. The molecule has 0 spiro atoms. The van der Waals surface area contributed by atoms with Crippen LogP contribution >= 0.6 is 11.3 Å². The summed E-state index contributed by atoms with van der Waals surface area (Å²) in [5, 5.41) is 12.3. The highest BCUT2D eigenvalue weighted by molar-refractivity contribution is 7.21. The average molecular weight is 661 g/mol. The smallest absolute Gasteiger partial charge is 0.160 e. The number of rotatable bonds is 6. The summed E-state index contributed by atoms with van der Waals surface area (Å²) >= 11 is 1.69. The van der Waals surface area contributed by atoms with Crippen molar-refractivity contribution in [3.05, 3.63) is 180 Å². The lowest BCUT2D eigenvalue weighted by Crippen LogP contribution is -2.06. The van der Waals surface area contributed by atoms with Gasteiger partial charge >= 0.3 is 0 Å². The van der Waals surface area contributed by atoms with Crippen LogP contribution in [0.15, 0.2) is 173 Å². The zero-order valence-electron chi connectivity index (χ0n) is 26.7. The normalized spacial score (nSPS) is 11.8. The molecule has 0 unspecified atom stereocenters. The van der Waals surface area contributed by atoms with Crippen LogP contribution in [-0.4, -0.2) is 21.5 Å². The van der Waals surface area contributed by atoms with E-state index in [0.717, 1.165) is 66.0 Å². The number of furan rings is 1. The van der Waals surface area contributed by atoms with Gasteiger partial charge in [-0.1, -0.05) is 121 Å². The Morgan fingerprint density at radius 3 is 2.02 bits per heavy atom. The first-order valence-corrected chi connectivity index (χ1v) is 17.2. The maximum Gasteiger partial charge on any atom is 0.160 e. The van der Waals surface area contributed by atoms with Crippen molar-refractivity contribution in [3.8, 4) is 33.9 Å². The van der Waals surface area contributed by atoms with Gasteiger partial charge in [-0.25, -0.2) is 15.0 Å². The van der Waals surface area contributed by atoms with Crippen LogP contribution in [-0.2, 0) is 0 Å². The third kappa shape index (κ3) is 5.48. The summed E-state index contributed by atoms with van der Waals surface area (Å²) in [5.41, 5.74) is 8.41. The molecule has 0 radical (unpaired) electrons. The second-order valence-corrected chi connectivity index (χ2v) is 13.1. The van der Waals surface area contributed by atoms with Gasteiger partial charge < -0.3 is 4.42 Å². The highest BCUT2D eigenvalue weighted by Crippen LogP contribution is 2.36. The lowest BCUT2D eigenvalue weighted by atomic mass is 10.0. The number of nitrogens with zero attached hydrogens (tertiary/aromatic N) is 3. The van der Waals surface area contributed by atoms with E-state index in [2.05, 4.69) is 42.5 Å². The van der Waals surface area contributed by atoms with Crippen LogP contribution in [0.25, 0.3) is 65.9 Å². The van der Waals surface area contributed by atoms with Gasteiger partial charge in [-0.15, -0.1) is 11.3 Å². The monoisotopic (exact) mass is 660 g/mol. The number of nitrogens with one attached hydrogen (secondary N) is 1. The Balaban J connectivity index is 1.20. The molecule has 0 aliphatic carbocycles. The van der Waals surface area contributed by atoms with E-state index in [1.807, 2.05) is 121 Å². The summed E-state index contributed by atoms with van der Waals surface area (Å²) in [6.45, 7) is 0. The summed E-state index contributed by atoms with van der Waals surface area (Å²) in [5.74, 6) is 0.824. The third-order valence-electron chi connectivity index (χ3n) is 8.80. The van der Waals surface area contributed by atoms with E-state index in [4.69, 9.17) is 19.4 Å². The summed E-state index contributed by atoms with van der Waals surface area (Å²) in [6.07, 6.45) is 0. The highest BCUT2D eigenvalue weighted by Gasteiger charge is 2.19. The number of amidine groups is 1.